The van der Waals surface area contributed by atoms with Crippen molar-refractivity contribution in [3.05, 3.63) is 29.8 Å². The molecule has 144 valence electrons. The third-order valence-electron chi connectivity index (χ3n) is 6.62. The normalized spacial score (nSPS) is 26.2. The number of amides is 3. The Hall–Kier alpha value is -2.50. The molecule has 1 saturated carbocycles. The first kappa shape index (κ1) is 19.3. The van der Waals surface area contributed by atoms with E-state index in [0.29, 0.717) is 24.1 Å². The molecule has 3 rings (SSSR count). The van der Waals surface area contributed by atoms with Crippen LogP contribution in [-0.4, -0.2) is 34.9 Å². The van der Waals surface area contributed by atoms with E-state index in [9.17, 15) is 19.2 Å². The van der Waals surface area contributed by atoms with Gasteiger partial charge < -0.3 is 5.32 Å². The van der Waals surface area contributed by atoms with E-state index >= 15 is 0 Å². The molecule has 1 heterocycles. The number of nitrogens with one attached hydrogen (secondary N) is 1. The van der Waals surface area contributed by atoms with Gasteiger partial charge in [-0.15, -0.1) is 0 Å². The summed E-state index contributed by atoms with van der Waals surface area (Å²) in [6, 6.07) is 6.69. The summed E-state index contributed by atoms with van der Waals surface area (Å²) in [6.45, 7) is 7.46. The van der Waals surface area contributed by atoms with Gasteiger partial charge in [0.1, 0.15) is 0 Å². The van der Waals surface area contributed by atoms with Crippen molar-refractivity contribution in [2.24, 2.45) is 16.7 Å². The molecule has 2 aliphatic rings. The number of Topliss-reactive ketones (excluding diaryl/α,β-unsaturated/α-hetero) is 1. The number of piperidine rings is 1. The van der Waals surface area contributed by atoms with Crippen molar-refractivity contribution in [3.63, 3.8) is 0 Å². The molecule has 1 aliphatic heterocycles. The molecule has 27 heavy (non-hydrogen) atoms. The van der Waals surface area contributed by atoms with Crippen LogP contribution in [0.25, 0.3) is 0 Å². The lowest BCUT2D eigenvalue weighted by Gasteiger charge is -2.47. The van der Waals surface area contributed by atoms with Gasteiger partial charge >= 0.3 is 0 Å². The van der Waals surface area contributed by atoms with Crippen LogP contribution in [0.1, 0.15) is 57.3 Å². The van der Waals surface area contributed by atoms with Gasteiger partial charge in [-0.3, -0.25) is 24.1 Å². The summed E-state index contributed by atoms with van der Waals surface area (Å²) in [5.41, 5.74) is 0.128. The van der Waals surface area contributed by atoms with Gasteiger partial charge in [-0.2, -0.15) is 0 Å². The number of anilines is 1. The summed E-state index contributed by atoms with van der Waals surface area (Å²) in [5, 5.41) is 2.73. The van der Waals surface area contributed by atoms with E-state index < -0.39 is 5.41 Å². The largest absolute Gasteiger partial charge is 0.326 e. The minimum absolute atomic E-state index is 0.0327. The number of likely N-dealkylation sites (tertiary alicyclic amines) is 1. The molecule has 2 unspecified atom stereocenters. The first-order valence-corrected chi connectivity index (χ1v) is 9.34. The van der Waals surface area contributed by atoms with Crippen molar-refractivity contribution in [2.75, 3.05) is 11.9 Å². The molecule has 0 radical (unpaired) electrons. The first-order valence-electron chi connectivity index (χ1n) is 9.34. The van der Waals surface area contributed by atoms with Gasteiger partial charge in [-0.25, -0.2) is 0 Å². The molecule has 0 spiro atoms. The highest BCUT2D eigenvalue weighted by atomic mass is 16.2. The molecule has 1 aromatic rings. The monoisotopic (exact) mass is 370 g/mol. The minimum atomic E-state index is -0.558. The lowest BCUT2D eigenvalue weighted by Crippen LogP contribution is -2.59. The van der Waals surface area contributed by atoms with Gasteiger partial charge in [0, 0.05) is 30.1 Å². The maximum absolute atomic E-state index is 13.0. The fraction of sp³-hybridized carbons (Fsp3) is 0.524. The summed E-state index contributed by atoms with van der Waals surface area (Å²) in [4.78, 5) is 50.7. The smallest absolute Gasteiger partial charge is 0.235 e. The van der Waals surface area contributed by atoms with Crippen LogP contribution in [-0.2, 0) is 14.4 Å². The zero-order valence-corrected chi connectivity index (χ0v) is 16.3. The summed E-state index contributed by atoms with van der Waals surface area (Å²) >= 11 is 0. The Morgan fingerprint density at radius 2 is 1.93 bits per heavy atom. The molecule has 2 atom stereocenters. The molecule has 2 bridgehead atoms. The van der Waals surface area contributed by atoms with Crippen molar-refractivity contribution in [1.82, 2.24) is 4.90 Å². The summed E-state index contributed by atoms with van der Waals surface area (Å²) in [5.74, 6) is -0.875. The summed E-state index contributed by atoms with van der Waals surface area (Å²) in [7, 11) is 0. The Morgan fingerprint density at radius 3 is 2.59 bits per heavy atom. The van der Waals surface area contributed by atoms with E-state index in [0.717, 1.165) is 0 Å². The first-order chi connectivity index (χ1) is 12.6. The number of benzene rings is 1. The van der Waals surface area contributed by atoms with Crippen LogP contribution in [0, 0.1) is 16.7 Å². The van der Waals surface area contributed by atoms with Crippen molar-refractivity contribution in [2.45, 2.75) is 47.0 Å². The Labute approximate surface area is 159 Å². The van der Waals surface area contributed by atoms with E-state index in [2.05, 4.69) is 5.32 Å². The van der Waals surface area contributed by atoms with Gasteiger partial charge in [0.2, 0.25) is 17.7 Å². The van der Waals surface area contributed by atoms with Crippen LogP contribution in [0.4, 0.5) is 5.69 Å². The number of fused-ring (bicyclic) bond motifs is 2. The predicted molar refractivity (Wildman–Crippen MR) is 101 cm³/mol. The molecule has 3 amide bonds. The fourth-order valence-electron chi connectivity index (χ4n) is 4.37. The molecule has 2 fully saturated rings. The van der Waals surface area contributed by atoms with Gasteiger partial charge in [0.15, 0.2) is 5.78 Å². The molecule has 6 nitrogen and oxygen atoms in total. The zero-order valence-electron chi connectivity index (χ0n) is 16.3. The fourth-order valence-corrected chi connectivity index (χ4v) is 4.37. The van der Waals surface area contributed by atoms with Gasteiger partial charge in [0.25, 0.3) is 0 Å². The second-order valence-corrected chi connectivity index (χ2v) is 8.38. The van der Waals surface area contributed by atoms with Crippen molar-refractivity contribution < 1.29 is 19.2 Å². The van der Waals surface area contributed by atoms with Crippen LogP contribution in [0.3, 0.4) is 0 Å². The van der Waals surface area contributed by atoms with Gasteiger partial charge in [0.05, 0.1) is 5.41 Å². The van der Waals surface area contributed by atoms with E-state index in [1.165, 1.54) is 11.8 Å². The van der Waals surface area contributed by atoms with E-state index in [4.69, 9.17) is 0 Å². The quantitative estimate of drug-likeness (QED) is 0.638. The predicted octanol–water partition coefficient (Wildman–Crippen LogP) is 3.03. The maximum Gasteiger partial charge on any atom is 0.235 e. The highest BCUT2D eigenvalue weighted by Crippen LogP contribution is 2.59. The van der Waals surface area contributed by atoms with Crippen molar-refractivity contribution in [3.8, 4) is 0 Å². The number of imide groups is 1. The molecular formula is C21H26N2O4. The Morgan fingerprint density at radius 1 is 1.22 bits per heavy atom. The number of hydrogen-bond donors (Lipinski definition) is 1. The standard InChI is InChI=1S/C21H26N2O4/c1-13(24)14-6-5-7-15(12-14)22-17(25)9-11-23-18(26)16-8-10-21(4,19(23)27)20(16,2)3/h5-7,12,16H,8-11H2,1-4H3,(H,22,25). The van der Waals surface area contributed by atoms with Crippen LogP contribution in [0.15, 0.2) is 24.3 Å². The molecule has 0 aromatic heterocycles. The topological polar surface area (TPSA) is 83.6 Å². The lowest BCUT2D eigenvalue weighted by molar-refractivity contribution is -0.167. The summed E-state index contributed by atoms with van der Waals surface area (Å²) in [6.07, 6.45) is 1.45. The van der Waals surface area contributed by atoms with Gasteiger partial charge in [-0.1, -0.05) is 32.9 Å². The highest BCUT2D eigenvalue weighted by Gasteiger charge is 2.64. The average molecular weight is 370 g/mol. The second kappa shape index (κ2) is 6.59. The minimum Gasteiger partial charge on any atom is -0.326 e. The number of nitrogens with zero attached hydrogens (tertiary/aromatic N) is 1. The maximum atomic E-state index is 13.0. The molecular weight excluding hydrogens is 344 g/mol. The number of rotatable bonds is 5. The number of hydrogen-bond acceptors (Lipinski definition) is 4. The molecule has 1 N–H and O–H groups in total. The van der Waals surface area contributed by atoms with Crippen molar-refractivity contribution in [1.29, 1.82) is 0 Å². The highest BCUT2D eigenvalue weighted by molar-refractivity contribution is 6.04. The zero-order chi connectivity index (χ0) is 20.0. The molecule has 1 saturated heterocycles. The van der Waals surface area contributed by atoms with E-state index in [1.54, 1.807) is 24.3 Å². The number of ketones is 1. The molecule has 1 aliphatic carbocycles. The van der Waals surface area contributed by atoms with E-state index in [1.807, 2.05) is 20.8 Å². The third-order valence-corrected chi connectivity index (χ3v) is 6.62. The van der Waals surface area contributed by atoms with Crippen LogP contribution < -0.4 is 5.32 Å². The SMILES string of the molecule is CC(=O)c1cccc(NC(=O)CCN2C(=O)C3CCC(C)(C2=O)C3(C)C)c1. The second-order valence-electron chi connectivity index (χ2n) is 8.38. The number of carbonyl (C=O) groups is 4. The Kier molecular flexibility index (Phi) is 4.70. The third kappa shape index (κ3) is 3.07. The van der Waals surface area contributed by atoms with Crippen LogP contribution in [0.5, 0.6) is 0 Å². The van der Waals surface area contributed by atoms with Crippen LogP contribution in [0.2, 0.25) is 0 Å². The molecule has 1 aromatic carbocycles. The van der Waals surface area contributed by atoms with Gasteiger partial charge in [-0.05, 0) is 37.3 Å². The van der Waals surface area contributed by atoms with Crippen LogP contribution >= 0.6 is 0 Å². The summed E-state index contributed by atoms with van der Waals surface area (Å²) < 4.78 is 0. The Balaban J connectivity index is 1.66. The van der Waals surface area contributed by atoms with E-state index in [-0.39, 0.29) is 47.8 Å². The lowest BCUT2D eigenvalue weighted by atomic mass is 9.62. The number of carbonyl (C=O) groups excluding carboxylic acids is 4. The van der Waals surface area contributed by atoms with Crippen molar-refractivity contribution >= 4 is 29.2 Å². The Bertz CT molecular complexity index is 829. The average Bonchev–Trinajstić information content (AvgIpc) is 2.79. The molecule has 6 heteroatoms.